The van der Waals surface area contributed by atoms with Crippen LogP contribution in [0.25, 0.3) is 11.1 Å². The standard InChI is InChI=1S/C19H21NO2S2/c1-19(2,3)24(21)20-13-14-8-7-9-15(12-14)16-10-5-6-11-17(16)18(23)22-4/h5-13H,1-4H3/b20-13-. The van der Waals surface area contributed by atoms with Gasteiger partial charge in [-0.3, -0.25) is 0 Å². The summed E-state index contributed by atoms with van der Waals surface area (Å²) in [6.07, 6.45) is 1.65. The minimum Gasteiger partial charge on any atom is -0.591 e. The van der Waals surface area contributed by atoms with Crippen LogP contribution in [0.2, 0.25) is 0 Å². The Morgan fingerprint density at radius 1 is 1.17 bits per heavy atom. The van der Waals surface area contributed by atoms with Crippen LogP contribution in [0.15, 0.2) is 52.9 Å². The summed E-state index contributed by atoms with van der Waals surface area (Å²) in [5.74, 6) is 0. The van der Waals surface area contributed by atoms with Crippen LogP contribution in [-0.4, -0.2) is 27.7 Å². The van der Waals surface area contributed by atoms with Crippen molar-refractivity contribution in [3.05, 3.63) is 59.7 Å². The monoisotopic (exact) mass is 359 g/mol. The van der Waals surface area contributed by atoms with E-state index in [1.54, 1.807) is 13.3 Å². The minimum atomic E-state index is -1.27. The van der Waals surface area contributed by atoms with Crippen LogP contribution in [0.1, 0.15) is 31.9 Å². The summed E-state index contributed by atoms with van der Waals surface area (Å²) in [7, 11) is 1.57. The van der Waals surface area contributed by atoms with Crippen LogP contribution in [0.4, 0.5) is 0 Å². The molecule has 2 rings (SSSR count). The summed E-state index contributed by atoms with van der Waals surface area (Å²) in [6.45, 7) is 5.70. The Labute approximate surface area is 152 Å². The Hall–Kier alpha value is -1.69. The summed E-state index contributed by atoms with van der Waals surface area (Å²) >= 11 is 4.01. The first kappa shape index (κ1) is 18.6. The third kappa shape index (κ3) is 4.66. The Morgan fingerprint density at radius 3 is 2.54 bits per heavy atom. The molecule has 0 aromatic heterocycles. The van der Waals surface area contributed by atoms with Gasteiger partial charge < -0.3 is 9.29 Å². The summed E-state index contributed by atoms with van der Waals surface area (Å²) < 4.78 is 21.1. The van der Waals surface area contributed by atoms with Crippen molar-refractivity contribution in [3.63, 3.8) is 0 Å². The molecule has 0 heterocycles. The Kier molecular flexibility index (Phi) is 6.15. The molecule has 2 aromatic rings. The van der Waals surface area contributed by atoms with Gasteiger partial charge in [0, 0.05) is 5.56 Å². The van der Waals surface area contributed by atoms with Gasteiger partial charge in [-0.2, -0.15) is 0 Å². The maximum atomic E-state index is 12.1. The normalized spacial score (nSPS) is 13.0. The van der Waals surface area contributed by atoms with Crippen molar-refractivity contribution in [3.8, 4) is 11.1 Å². The highest BCUT2D eigenvalue weighted by Gasteiger charge is 2.25. The summed E-state index contributed by atoms with van der Waals surface area (Å²) in [4.78, 5) is 0. The molecule has 0 fully saturated rings. The van der Waals surface area contributed by atoms with Gasteiger partial charge in [-0.25, -0.2) is 0 Å². The number of rotatable bonds is 4. The number of methoxy groups -OCH3 is 1. The van der Waals surface area contributed by atoms with Crippen LogP contribution in [0, 0.1) is 0 Å². The van der Waals surface area contributed by atoms with Crippen LogP contribution in [-0.2, 0) is 16.1 Å². The first-order valence-corrected chi connectivity index (χ1v) is 9.08. The molecule has 0 aliphatic heterocycles. The predicted molar refractivity (Wildman–Crippen MR) is 106 cm³/mol. The van der Waals surface area contributed by atoms with Crippen molar-refractivity contribution < 1.29 is 9.29 Å². The average molecular weight is 360 g/mol. The molecule has 2 aromatic carbocycles. The van der Waals surface area contributed by atoms with E-state index in [-0.39, 0.29) is 4.75 Å². The smallest absolute Gasteiger partial charge is 0.191 e. The van der Waals surface area contributed by atoms with E-state index in [0.717, 1.165) is 22.3 Å². The average Bonchev–Trinajstić information content (AvgIpc) is 2.58. The van der Waals surface area contributed by atoms with Crippen molar-refractivity contribution >= 4 is 34.8 Å². The number of nitrogens with zero attached hydrogens (tertiary/aromatic N) is 1. The Bertz CT molecular complexity index is 751. The van der Waals surface area contributed by atoms with Crippen molar-refractivity contribution in [1.82, 2.24) is 0 Å². The zero-order valence-electron chi connectivity index (χ0n) is 14.3. The first-order chi connectivity index (χ1) is 11.3. The highest BCUT2D eigenvalue weighted by Crippen LogP contribution is 2.25. The lowest BCUT2D eigenvalue weighted by molar-refractivity contribution is 0.416. The number of hydrogen-bond donors (Lipinski definition) is 0. The largest absolute Gasteiger partial charge is 0.591 e. The van der Waals surface area contributed by atoms with Crippen LogP contribution in [0.3, 0.4) is 0 Å². The molecule has 0 radical (unpaired) electrons. The van der Waals surface area contributed by atoms with E-state index in [2.05, 4.69) is 4.40 Å². The molecule has 0 saturated carbocycles. The second kappa shape index (κ2) is 7.92. The fourth-order valence-electron chi connectivity index (χ4n) is 2.08. The van der Waals surface area contributed by atoms with E-state index < -0.39 is 11.4 Å². The maximum Gasteiger partial charge on any atom is 0.191 e. The molecular weight excluding hydrogens is 338 g/mol. The van der Waals surface area contributed by atoms with Gasteiger partial charge in [0.15, 0.2) is 5.05 Å². The fourth-order valence-corrected chi connectivity index (χ4v) is 2.79. The Morgan fingerprint density at radius 2 is 1.88 bits per heavy atom. The van der Waals surface area contributed by atoms with E-state index >= 15 is 0 Å². The van der Waals surface area contributed by atoms with Crippen molar-refractivity contribution in [1.29, 1.82) is 0 Å². The van der Waals surface area contributed by atoms with E-state index in [4.69, 9.17) is 17.0 Å². The van der Waals surface area contributed by atoms with E-state index in [1.165, 1.54) is 0 Å². The van der Waals surface area contributed by atoms with Crippen LogP contribution < -0.4 is 0 Å². The zero-order chi connectivity index (χ0) is 17.7. The number of ether oxygens (including phenoxy) is 1. The first-order valence-electron chi connectivity index (χ1n) is 7.57. The van der Waals surface area contributed by atoms with E-state index in [1.807, 2.05) is 69.3 Å². The lowest BCUT2D eigenvalue weighted by Crippen LogP contribution is -2.25. The van der Waals surface area contributed by atoms with Gasteiger partial charge in [-0.05, 0) is 61.8 Å². The lowest BCUT2D eigenvalue weighted by Gasteiger charge is -2.17. The fraction of sp³-hybridized carbons (Fsp3) is 0.263. The topological polar surface area (TPSA) is 44.6 Å². The van der Waals surface area contributed by atoms with Gasteiger partial charge in [0.05, 0.1) is 13.3 Å². The molecule has 126 valence electrons. The predicted octanol–water partition coefficient (Wildman–Crippen LogP) is 4.56. The molecular formula is C19H21NO2S2. The van der Waals surface area contributed by atoms with Gasteiger partial charge in [0.1, 0.15) is 16.1 Å². The number of benzene rings is 2. The van der Waals surface area contributed by atoms with Crippen LogP contribution >= 0.6 is 12.2 Å². The molecule has 5 heteroatoms. The maximum absolute atomic E-state index is 12.1. The van der Waals surface area contributed by atoms with Gasteiger partial charge in [0.2, 0.25) is 0 Å². The highest BCUT2D eigenvalue weighted by atomic mass is 32.2. The molecule has 0 bridgehead atoms. The van der Waals surface area contributed by atoms with Gasteiger partial charge in [-0.15, -0.1) is 0 Å². The van der Waals surface area contributed by atoms with Crippen molar-refractivity contribution in [2.45, 2.75) is 25.5 Å². The molecule has 0 saturated heterocycles. The zero-order valence-corrected chi connectivity index (χ0v) is 15.9. The van der Waals surface area contributed by atoms with Crippen LogP contribution in [0.5, 0.6) is 0 Å². The number of hydrogen-bond acceptors (Lipinski definition) is 4. The second-order valence-electron chi connectivity index (χ2n) is 6.26. The molecule has 0 amide bonds. The molecule has 0 spiro atoms. The molecule has 0 aliphatic carbocycles. The SMILES string of the molecule is COC(=S)c1ccccc1-c1cccc(/C=N\[S+]([O-])C(C)(C)C)c1. The second-order valence-corrected chi connectivity index (χ2v) is 8.56. The highest BCUT2D eigenvalue weighted by molar-refractivity contribution is 7.91. The van der Waals surface area contributed by atoms with Gasteiger partial charge >= 0.3 is 0 Å². The third-order valence-electron chi connectivity index (χ3n) is 3.35. The third-order valence-corrected chi connectivity index (χ3v) is 5.08. The molecule has 0 aliphatic rings. The molecule has 0 N–H and O–H groups in total. The molecule has 1 unspecified atom stereocenters. The van der Waals surface area contributed by atoms with E-state index in [0.29, 0.717) is 5.05 Å². The summed E-state index contributed by atoms with van der Waals surface area (Å²) in [6, 6.07) is 15.7. The number of thiocarbonyl (C=S) groups is 1. The van der Waals surface area contributed by atoms with E-state index in [9.17, 15) is 4.55 Å². The van der Waals surface area contributed by atoms with Crippen molar-refractivity contribution in [2.75, 3.05) is 7.11 Å². The Balaban J connectivity index is 2.35. The lowest BCUT2D eigenvalue weighted by atomic mass is 9.98. The van der Waals surface area contributed by atoms with Gasteiger partial charge in [0.25, 0.3) is 0 Å². The molecule has 1 atom stereocenters. The quantitative estimate of drug-likeness (QED) is 0.457. The molecule has 3 nitrogen and oxygen atoms in total. The van der Waals surface area contributed by atoms with Crippen molar-refractivity contribution in [2.24, 2.45) is 4.40 Å². The van der Waals surface area contributed by atoms with Gasteiger partial charge in [-0.1, -0.05) is 40.8 Å². The molecule has 24 heavy (non-hydrogen) atoms. The summed E-state index contributed by atoms with van der Waals surface area (Å²) in [5, 5.41) is 0.457. The summed E-state index contributed by atoms with van der Waals surface area (Å²) in [5.41, 5.74) is 3.78. The minimum absolute atomic E-state index is 0.370.